The fourth-order valence-corrected chi connectivity index (χ4v) is 1.92. The predicted molar refractivity (Wildman–Crippen MR) is 83.4 cm³/mol. The van der Waals surface area contributed by atoms with Gasteiger partial charge in [-0.25, -0.2) is 4.79 Å². The summed E-state index contributed by atoms with van der Waals surface area (Å²) in [5, 5.41) is 2.60. The van der Waals surface area contributed by atoms with Crippen LogP contribution in [0.1, 0.15) is 27.6 Å². The van der Waals surface area contributed by atoms with Crippen molar-refractivity contribution < 1.29 is 27.8 Å². The van der Waals surface area contributed by atoms with E-state index in [1.807, 2.05) is 0 Å². The van der Waals surface area contributed by atoms with Gasteiger partial charge in [-0.05, 0) is 49.4 Å². The lowest BCUT2D eigenvalue weighted by Gasteiger charge is -2.08. The summed E-state index contributed by atoms with van der Waals surface area (Å²) in [6.45, 7) is -0.981. The third-order valence-corrected chi connectivity index (χ3v) is 2.98. The number of benzene rings is 2. The van der Waals surface area contributed by atoms with E-state index in [9.17, 15) is 18.4 Å². The molecule has 0 saturated heterocycles. The van der Waals surface area contributed by atoms with Crippen LogP contribution >= 0.6 is 0 Å². The molecule has 0 aliphatic heterocycles. The summed E-state index contributed by atoms with van der Waals surface area (Å²) in [7, 11) is 0. The number of amides is 1. The number of carbonyl (C=O) groups excluding carboxylic acids is 2. The smallest absolute Gasteiger partial charge is 0.387 e. The molecule has 2 rings (SSSR count). The van der Waals surface area contributed by atoms with Crippen LogP contribution in [-0.4, -0.2) is 25.1 Å². The molecule has 0 radical (unpaired) electrons. The zero-order chi connectivity index (χ0) is 17.5. The van der Waals surface area contributed by atoms with E-state index in [4.69, 9.17) is 4.74 Å². The molecule has 1 amide bonds. The maximum Gasteiger partial charge on any atom is 0.387 e. The van der Waals surface area contributed by atoms with Crippen molar-refractivity contribution in [3.63, 3.8) is 0 Å². The van der Waals surface area contributed by atoms with E-state index < -0.39 is 18.5 Å². The molecule has 0 spiro atoms. The largest absolute Gasteiger partial charge is 0.462 e. The molecule has 0 saturated carbocycles. The number of ether oxygens (including phenoxy) is 2. The Morgan fingerprint density at radius 2 is 1.79 bits per heavy atom. The second-order valence-corrected chi connectivity index (χ2v) is 4.66. The van der Waals surface area contributed by atoms with Gasteiger partial charge in [-0.15, -0.1) is 0 Å². The minimum absolute atomic E-state index is 0.102. The zero-order valence-electron chi connectivity index (χ0n) is 12.8. The van der Waals surface area contributed by atoms with Gasteiger partial charge in [-0.3, -0.25) is 4.79 Å². The fourth-order valence-electron chi connectivity index (χ4n) is 1.92. The second kappa shape index (κ2) is 8.05. The average Bonchev–Trinajstić information content (AvgIpc) is 2.55. The van der Waals surface area contributed by atoms with E-state index in [0.29, 0.717) is 11.3 Å². The van der Waals surface area contributed by atoms with Crippen molar-refractivity contribution >= 4 is 17.6 Å². The molecule has 0 atom stereocenters. The normalized spacial score (nSPS) is 10.3. The van der Waals surface area contributed by atoms with Crippen molar-refractivity contribution in [1.82, 2.24) is 0 Å². The Hall–Kier alpha value is -2.96. The molecule has 7 heteroatoms. The monoisotopic (exact) mass is 335 g/mol. The SMILES string of the molecule is CCOC(=O)c1ccc(NC(=O)c2cccc(OC(F)F)c2)cc1. The maximum absolute atomic E-state index is 12.2. The van der Waals surface area contributed by atoms with Gasteiger partial charge < -0.3 is 14.8 Å². The van der Waals surface area contributed by atoms with Crippen LogP contribution in [-0.2, 0) is 4.74 Å². The Balaban J connectivity index is 2.05. The van der Waals surface area contributed by atoms with Crippen molar-refractivity contribution in [2.75, 3.05) is 11.9 Å². The highest BCUT2D eigenvalue weighted by Crippen LogP contribution is 2.18. The number of hydrogen-bond donors (Lipinski definition) is 1. The number of alkyl halides is 2. The summed E-state index contributed by atoms with van der Waals surface area (Å²) in [5.74, 6) is -1.04. The standard InChI is InChI=1S/C17H15F2NO4/c1-2-23-16(22)11-6-8-13(9-7-11)20-15(21)12-4-3-5-14(10-12)24-17(18)19/h3-10,17H,2H2,1H3,(H,20,21). The molecule has 0 aromatic heterocycles. The lowest BCUT2D eigenvalue weighted by Crippen LogP contribution is -2.12. The molecule has 0 aliphatic carbocycles. The Kier molecular flexibility index (Phi) is 5.83. The summed E-state index contributed by atoms with van der Waals surface area (Å²) < 4.78 is 33.5. The zero-order valence-corrected chi connectivity index (χ0v) is 12.8. The van der Waals surface area contributed by atoms with Gasteiger partial charge in [-0.1, -0.05) is 6.07 Å². The maximum atomic E-state index is 12.2. The lowest BCUT2D eigenvalue weighted by atomic mass is 10.1. The molecule has 0 heterocycles. The van der Waals surface area contributed by atoms with Crippen LogP contribution in [0.3, 0.4) is 0 Å². The van der Waals surface area contributed by atoms with Crippen LogP contribution in [0.25, 0.3) is 0 Å². The molecule has 2 aromatic rings. The van der Waals surface area contributed by atoms with Gasteiger partial charge >= 0.3 is 12.6 Å². The van der Waals surface area contributed by atoms with E-state index in [-0.39, 0.29) is 17.9 Å². The number of esters is 1. The predicted octanol–water partition coefficient (Wildman–Crippen LogP) is 3.72. The van der Waals surface area contributed by atoms with E-state index >= 15 is 0 Å². The Bertz CT molecular complexity index is 717. The Morgan fingerprint density at radius 3 is 2.42 bits per heavy atom. The van der Waals surface area contributed by atoms with Gasteiger partial charge in [0, 0.05) is 11.3 Å². The first-order valence-electron chi connectivity index (χ1n) is 7.13. The number of anilines is 1. The van der Waals surface area contributed by atoms with Crippen LogP contribution < -0.4 is 10.1 Å². The Morgan fingerprint density at radius 1 is 1.08 bits per heavy atom. The van der Waals surface area contributed by atoms with Crippen molar-refractivity contribution in [3.8, 4) is 5.75 Å². The van der Waals surface area contributed by atoms with Crippen LogP contribution in [0.4, 0.5) is 14.5 Å². The molecule has 0 bridgehead atoms. The van der Waals surface area contributed by atoms with Gasteiger partial charge in [0.05, 0.1) is 12.2 Å². The van der Waals surface area contributed by atoms with Crippen molar-refractivity contribution in [3.05, 3.63) is 59.7 Å². The number of hydrogen-bond acceptors (Lipinski definition) is 4. The second-order valence-electron chi connectivity index (χ2n) is 4.66. The summed E-state index contributed by atoms with van der Waals surface area (Å²) >= 11 is 0. The van der Waals surface area contributed by atoms with E-state index in [0.717, 1.165) is 0 Å². The molecule has 0 aliphatic rings. The van der Waals surface area contributed by atoms with Crippen LogP contribution in [0.15, 0.2) is 48.5 Å². The topological polar surface area (TPSA) is 64.6 Å². The first-order valence-corrected chi connectivity index (χ1v) is 7.13. The van der Waals surface area contributed by atoms with Gasteiger partial charge in [0.25, 0.3) is 5.91 Å². The number of halogens is 2. The van der Waals surface area contributed by atoms with Crippen LogP contribution in [0, 0.1) is 0 Å². The molecule has 126 valence electrons. The summed E-state index contributed by atoms with van der Waals surface area (Å²) in [5.41, 5.74) is 0.984. The van der Waals surface area contributed by atoms with Gasteiger partial charge in [-0.2, -0.15) is 8.78 Å². The van der Waals surface area contributed by atoms with Gasteiger partial charge in [0.1, 0.15) is 5.75 Å². The van der Waals surface area contributed by atoms with Crippen LogP contribution in [0.5, 0.6) is 5.75 Å². The Labute approximate surface area is 137 Å². The van der Waals surface area contributed by atoms with Crippen molar-refractivity contribution in [1.29, 1.82) is 0 Å². The van der Waals surface area contributed by atoms with E-state index in [1.165, 1.54) is 36.4 Å². The molecule has 1 N–H and O–H groups in total. The third-order valence-electron chi connectivity index (χ3n) is 2.98. The number of rotatable bonds is 6. The quantitative estimate of drug-likeness (QED) is 0.817. The first-order chi connectivity index (χ1) is 11.5. The fraction of sp³-hybridized carbons (Fsp3) is 0.176. The van der Waals surface area contributed by atoms with Crippen LogP contribution in [0.2, 0.25) is 0 Å². The summed E-state index contributed by atoms with van der Waals surface area (Å²) in [6.07, 6.45) is 0. The molecular weight excluding hydrogens is 320 g/mol. The molecule has 0 fully saturated rings. The van der Waals surface area contributed by atoms with Gasteiger partial charge in [0.15, 0.2) is 0 Å². The summed E-state index contributed by atoms with van der Waals surface area (Å²) in [4.78, 5) is 23.7. The minimum Gasteiger partial charge on any atom is -0.462 e. The van der Waals surface area contributed by atoms with E-state index in [2.05, 4.69) is 10.1 Å². The molecule has 0 unspecified atom stereocenters. The molecular formula is C17H15F2NO4. The minimum atomic E-state index is -2.96. The van der Waals surface area contributed by atoms with Crippen molar-refractivity contribution in [2.45, 2.75) is 13.5 Å². The van der Waals surface area contributed by atoms with Crippen molar-refractivity contribution in [2.24, 2.45) is 0 Å². The molecule has 2 aromatic carbocycles. The molecule has 24 heavy (non-hydrogen) atoms. The first kappa shape index (κ1) is 17.4. The lowest BCUT2D eigenvalue weighted by molar-refractivity contribution is -0.0498. The highest BCUT2D eigenvalue weighted by Gasteiger charge is 2.11. The van der Waals surface area contributed by atoms with Gasteiger partial charge in [0.2, 0.25) is 0 Å². The highest BCUT2D eigenvalue weighted by atomic mass is 19.3. The molecule has 5 nitrogen and oxygen atoms in total. The number of carbonyl (C=O) groups is 2. The number of nitrogens with one attached hydrogen (secondary N) is 1. The average molecular weight is 335 g/mol. The highest BCUT2D eigenvalue weighted by molar-refractivity contribution is 6.04. The van der Waals surface area contributed by atoms with E-state index in [1.54, 1.807) is 19.1 Å². The summed E-state index contributed by atoms with van der Waals surface area (Å²) in [6, 6.07) is 11.6. The third kappa shape index (κ3) is 4.77.